The first-order chi connectivity index (χ1) is 16.9. The van der Waals surface area contributed by atoms with Crippen LogP contribution in [-0.2, 0) is 21.4 Å². The number of fused-ring (bicyclic) bond motifs is 1. The van der Waals surface area contributed by atoms with E-state index in [-0.39, 0.29) is 23.3 Å². The quantitative estimate of drug-likeness (QED) is 0.424. The Kier molecular flexibility index (Phi) is 6.40. The minimum Gasteiger partial charge on any atom is -0.352 e. The first-order valence-electron chi connectivity index (χ1n) is 11.8. The maximum absolute atomic E-state index is 13.4. The largest absolute Gasteiger partial charge is 0.352 e. The van der Waals surface area contributed by atoms with Crippen LogP contribution in [0, 0.1) is 12.8 Å². The van der Waals surface area contributed by atoms with E-state index in [1.165, 1.54) is 4.31 Å². The molecular weight excluding hydrogens is 460 g/mol. The fourth-order valence-corrected chi connectivity index (χ4v) is 6.00. The van der Waals surface area contributed by atoms with Crippen molar-refractivity contribution in [3.05, 3.63) is 83.9 Å². The third kappa shape index (κ3) is 4.99. The van der Waals surface area contributed by atoms with Crippen molar-refractivity contribution >= 4 is 27.0 Å². The molecule has 1 fully saturated rings. The zero-order valence-electron chi connectivity index (χ0n) is 19.6. The van der Waals surface area contributed by atoms with Crippen molar-refractivity contribution in [1.82, 2.24) is 19.6 Å². The van der Waals surface area contributed by atoms with Crippen molar-refractivity contribution in [1.29, 1.82) is 0 Å². The van der Waals surface area contributed by atoms with Crippen LogP contribution in [0.4, 0.5) is 0 Å². The molecule has 3 aromatic carbocycles. The summed E-state index contributed by atoms with van der Waals surface area (Å²) in [7, 11) is -3.74. The SMILES string of the molecule is Cc1ccc(CNC(=O)C2CCCN(S(=O)(=O)c3ccc4nc(-c5ccccc5)[nH]c4c3)C2)cc1. The summed E-state index contributed by atoms with van der Waals surface area (Å²) in [4.78, 5) is 20.8. The maximum atomic E-state index is 13.4. The van der Waals surface area contributed by atoms with Crippen LogP contribution in [0.3, 0.4) is 0 Å². The minimum atomic E-state index is -3.74. The van der Waals surface area contributed by atoms with Gasteiger partial charge in [-0.3, -0.25) is 4.79 Å². The number of aromatic amines is 1. The van der Waals surface area contributed by atoms with Crippen LogP contribution in [0.25, 0.3) is 22.4 Å². The highest BCUT2D eigenvalue weighted by atomic mass is 32.2. The van der Waals surface area contributed by atoms with E-state index in [9.17, 15) is 13.2 Å². The predicted molar refractivity (Wildman–Crippen MR) is 136 cm³/mol. The number of H-pyrrole nitrogens is 1. The Morgan fingerprint density at radius 2 is 1.86 bits per heavy atom. The first kappa shape index (κ1) is 23.3. The van der Waals surface area contributed by atoms with Crippen LogP contribution < -0.4 is 5.32 Å². The second-order valence-electron chi connectivity index (χ2n) is 9.04. The fourth-order valence-electron chi connectivity index (χ4n) is 4.45. The molecule has 0 saturated carbocycles. The molecule has 8 heteroatoms. The van der Waals surface area contributed by atoms with Gasteiger partial charge in [0.25, 0.3) is 0 Å². The number of nitrogens with one attached hydrogen (secondary N) is 2. The highest BCUT2D eigenvalue weighted by molar-refractivity contribution is 7.89. The molecule has 0 radical (unpaired) electrons. The molecule has 4 aromatic rings. The van der Waals surface area contributed by atoms with Gasteiger partial charge in [0.15, 0.2) is 0 Å². The lowest BCUT2D eigenvalue weighted by molar-refractivity contribution is -0.126. The van der Waals surface area contributed by atoms with Gasteiger partial charge in [0.2, 0.25) is 15.9 Å². The van der Waals surface area contributed by atoms with Crippen LogP contribution in [0.15, 0.2) is 77.7 Å². The van der Waals surface area contributed by atoms with Crippen molar-refractivity contribution in [2.75, 3.05) is 13.1 Å². The summed E-state index contributed by atoms with van der Waals surface area (Å²) >= 11 is 0. The van der Waals surface area contributed by atoms with Crippen LogP contribution in [-0.4, -0.2) is 41.7 Å². The Morgan fingerprint density at radius 3 is 2.63 bits per heavy atom. The molecule has 1 aliphatic heterocycles. The molecule has 1 unspecified atom stereocenters. The van der Waals surface area contributed by atoms with Gasteiger partial charge in [0.1, 0.15) is 5.82 Å². The number of nitrogens with zero attached hydrogens (tertiary/aromatic N) is 2. The second kappa shape index (κ2) is 9.64. The summed E-state index contributed by atoms with van der Waals surface area (Å²) in [6, 6.07) is 22.6. The second-order valence-corrected chi connectivity index (χ2v) is 11.0. The van der Waals surface area contributed by atoms with E-state index in [0.717, 1.165) is 16.7 Å². The normalized spacial score (nSPS) is 16.9. The van der Waals surface area contributed by atoms with Gasteiger partial charge in [-0.2, -0.15) is 4.31 Å². The zero-order chi connectivity index (χ0) is 24.4. The van der Waals surface area contributed by atoms with E-state index in [0.29, 0.717) is 42.8 Å². The molecule has 1 atom stereocenters. The van der Waals surface area contributed by atoms with Crippen molar-refractivity contribution in [2.45, 2.75) is 31.2 Å². The minimum absolute atomic E-state index is 0.109. The molecule has 180 valence electrons. The van der Waals surface area contributed by atoms with Gasteiger partial charge >= 0.3 is 0 Å². The van der Waals surface area contributed by atoms with Gasteiger partial charge in [-0.1, -0.05) is 60.2 Å². The average Bonchev–Trinajstić information content (AvgIpc) is 3.32. The number of hydrogen-bond donors (Lipinski definition) is 2. The highest BCUT2D eigenvalue weighted by Gasteiger charge is 2.33. The van der Waals surface area contributed by atoms with Crippen molar-refractivity contribution in [3.8, 4) is 11.4 Å². The lowest BCUT2D eigenvalue weighted by Gasteiger charge is -2.31. The lowest BCUT2D eigenvalue weighted by atomic mass is 9.98. The molecule has 1 aromatic heterocycles. The molecule has 1 aliphatic rings. The van der Waals surface area contributed by atoms with Gasteiger partial charge in [-0.05, 0) is 43.5 Å². The third-order valence-electron chi connectivity index (χ3n) is 6.48. The summed E-state index contributed by atoms with van der Waals surface area (Å²) in [5.41, 5.74) is 4.48. The molecule has 5 rings (SSSR count). The molecule has 1 amide bonds. The fraction of sp³-hybridized carbons (Fsp3) is 0.259. The van der Waals surface area contributed by atoms with Crippen LogP contribution in [0.2, 0.25) is 0 Å². The molecule has 7 nitrogen and oxygen atoms in total. The number of aryl methyl sites for hydroxylation is 1. The summed E-state index contributed by atoms with van der Waals surface area (Å²) in [6.45, 7) is 3.03. The summed E-state index contributed by atoms with van der Waals surface area (Å²) in [5.74, 6) is 0.213. The molecule has 0 bridgehead atoms. The number of imidazole rings is 1. The Balaban J connectivity index is 1.30. The van der Waals surface area contributed by atoms with Crippen LogP contribution in [0.1, 0.15) is 24.0 Å². The number of carbonyl (C=O) groups is 1. The van der Waals surface area contributed by atoms with Gasteiger partial charge in [0.05, 0.1) is 21.8 Å². The number of hydrogen-bond acceptors (Lipinski definition) is 4. The Hall–Kier alpha value is -3.49. The van der Waals surface area contributed by atoms with E-state index in [1.54, 1.807) is 18.2 Å². The van der Waals surface area contributed by atoms with Gasteiger partial charge < -0.3 is 10.3 Å². The number of carbonyl (C=O) groups excluding carboxylic acids is 1. The Bertz CT molecular complexity index is 1450. The van der Waals surface area contributed by atoms with Crippen LogP contribution in [0.5, 0.6) is 0 Å². The Labute approximate surface area is 205 Å². The van der Waals surface area contributed by atoms with Gasteiger partial charge in [-0.25, -0.2) is 13.4 Å². The molecular formula is C27H28N4O3S. The van der Waals surface area contributed by atoms with Crippen LogP contribution >= 0.6 is 0 Å². The number of amides is 1. The van der Waals surface area contributed by atoms with Crippen molar-refractivity contribution in [3.63, 3.8) is 0 Å². The molecule has 0 aliphatic carbocycles. The van der Waals surface area contributed by atoms with Crippen molar-refractivity contribution in [2.24, 2.45) is 5.92 Å². The zero-order valence-corrected chi connectivity index (χ0v) is 20.4. The molecule has 35 heavy (non-hydrogen) atoms. The van der Waals surface area contributed by atoms with E-state index >= 15 is 0 Å². The van der Waals surface area contributed by atoms with E-state index < -0.39 is 10.0 Å². The molecule has 1 saturated heterocycles. The third-order valence-corrected chi connectivity index (χ3v) is 8.34. The number of rotatable bonds is 6. The standard InChI is InChI=1S/C27H28N4O3S/c1-19-9-11-20(12-10-19)17-28-27(32)22-8-5-15-31(18-22)35(33,34)23-13-14-24-25(16-23)30-26(29-24)21-6-3-2-4-7-21/h2-4,6-7,9-14,16,22H,5,8,15,17-18H2,1H3,(H,28,32)(H,29,30). The summed E-state index contributed by atoms with van der Waals surface area (Å²) in [5, 5.41) is 2.97. The topological polar surface area (TPSA) is 95.2 Å². The number of aromatic nitrogens is 2. The molecule has 0 spiro atoms. The van der Waals surface area contributed by atoms with E-state index in [4.69, 9.17) is 0 Å². The number of sulfonamides is 1. The first-order valence-corrected chi connectivity index (χ1v) is 13.2. The lowest BCUT2D eigenvalue weighted by Crippen LogP contribution is -2.45. The Morgan fingerprint density at radius 1 is 1.09 bits per heavy atom. The monoisotopic (exact) mass is 488 g/mol. The molecule has 2 N–H and O–H groups in total. The average molecular weight is 489 g/mol. The summed E-state index contributed by atoms with van der Waals surface area (Å²) in [6.07, 6.45) is 1.32. The maximum Gasteiger partial charge on any atom is 0.243 e. The smallest absolute Gasteiger partial charge is 0.243 e. The summed E-state index contributed by atoms with van der Waals surface area (Å²) < 4.78 is 28.3. The van der Waals surface area contributed by atoms with E-state index in [2.05, 4.69) is 15.3 Å². The highest BCUT2D eigenvalue weighted by Crippen LogP contribution is 2.27. The van der Waals surface area contributed by atoms with E-state index in [1.807, 2.05) is 61.5 Å². The van der Waals surface area contributed by atoms with Gasteiger partial charge in [0, 0.05) is 25.2 Å². The van der Waals surface area contributed by atoms with Crippen molar-refractivity contribution < 1.29 is 13.2 Å². The predicted octanol–water partition coefficient (Wildman–Crippen LogP) is 4.26. The number of piperidine rings is 1. The van der Waals surface area contributed by atoms with Gasteiger partial charge in [-0.15, -0.1) is 0 Å². The molecule has 2 heterocycles. The number of benzene rings is 3.